The van der Waals surface area contributed by atoms with Crippen molar-refractivity contribution in [2.75, 3.05) is 23.8 Å². The van der Waals surface area contributed by atoms with Crippen molar-refractivity contribution in [3.05, 3.63) is 46.4 Å². The zero-order chi connectivity index (χ0) is 20.1. The predicted octanol–water partition coefficient (Wildman–Crippen LogP) is 4.15. The predicted molar refractivity (Wildman–Crippen MR) is 110 cm³/mol. The highest BCUT2D eigenvalue weighted by Gasteiger charge is 2.25. The fourth-order valence-corrected chi connectivity index (χ4v) is 4.22. The number of nitrogens with zero attached hydrogens (tertiary/aromatic N) is 2. The summed E-state index contributed by atoms with van der Waals surface area (Å²) in [6.45, 7) is 2.39. The first-order valence-electron chi connectivity index (χ1n) is 8.62. The van der Waals surface area contributed by atoms with E-state index in [2.05, 4.69) is 15.9 Å². The molecule has 3 rings (SSSR count). The molecular formula is C20H17BrN2O4S. The molecule has 0 aliphatic carbocycles. The van der Waals surface area contributed by atoms with Crippen molar-refractivity contribution in [3.8, 4) is 17.6 Å². The van der Waals surface area contributed by atoms with E-state index in [0.29, 0.717) is 28.1 Å². The lowest BCUT2D eigenvalue weighted by Crippen LogP contribution is -2.37. The van der Waals surface area contributed by atoms with Gasteiger partial charge in [0.25, 0.3) is 0 Å². The molecule has 6 nitrogen and oxygen atoms in total. The van der Waals surface area contributed by atoms with Crippen LogP contribution in [0.1, 0.15) is 18.9 Å². The van der Waals surface area contributed by atoms with Gasteiger partial charge in [-0.15, -0.1) is 11.8 Å². The van der Waals surface area contributed by atoms with Crippen molar-refractivity contribution in [1.29, 1.82) is 5.26 Å². The van der Waals surface area contributed by atoms with Crippen LogP contribution >= 0.6 is 27.7 Å². The Morgan fingerprint density at radius 2 is 2.14 bits per heavy atom. The summed E-state index contributed by atoms with van der Waals surface area (Å²) in [7, 11) is 0. The van der Waals surface area contributed by atoms with Crippen molar-refractivity contribution >= 4 is 45.3 Å². The number of esters is 1. The number of anilines is 1. The Morgan fingerprint density at radius 1 is 1.36 bits per heavy atom. The first kappa shape index (κ1) is 20.2. The molecule has 0 unspecified atom stereocenters. The Kier molecular flexibility index (Phi) is 6.60. The Bertz CT molecular complexity index is 958. The molecule has 0 N–H and O–H groups in total. The van der Waals surface area contributed by atoms with Crippen LogP contribution in [0.25, 0.3) is 0 Å². The Labute approximate surface area is 175 Å². The Balaban J connectivity index is 1.72. The number of thioether (sulfide) groups is 1. The minimum absolute atomic E-state index is 0.0305. The number of para-hydroxylation sites is 1. The number of carbonyl (C=O) groups excluding carboxylic acids is 2. The lowest BCUT2D eigenvalue weighted by Gasteiger charge is -2.28. The molecule has 2 aromatic carbocycles. The standard InChI is InChI=1S/C20H17BrN2O4S/c1-2-26-16-10-13(11-22)9-14(21)20(16)27-19(25)7-8-23-15-5-3-4-6-17(15)28-12-18(23)24/h3-6,9-10H,2,7-8,12H2,1H3. The molecule has 144 valence electrons. The molecule has 28 heavy (non-hydrogen) atoms. The second kappa shape index (κ2) is 9.13. The van der Waals surface area contributed by atoms with Crippen LogP contribution in [0.4, 0.5) is 5.69 Å². The van der Waals surface area contributed by atoms with E-state index in [1.807, 2.05) is 30.3 Å². The fraction of sp³-hybridized carbons (Fsp3) is 0.250. The quantitative estimate of drug-likeness (QED) is 0.475. The van der Waals surface area contributed by atoms with Crippen molar-refractivity contribution in [3.63, 3.8) is 0 Å². The first-order valence-corrected chi connectivity index (χ1v) is 10.4. The van der Waals surface area contributed by atoms with Crippen LogP contribution in [0.5, 0.6) is 11.5 Å². The summed E-state index contributed by atoms with van der Waals surface area (Å²) < 4.78 is 11.4. The van der Waals surface area contributed by atoms with Gasteiger partial charge in [-0.2, -0.15) is 5.26 Å². The largest absolute Gasteiger partial charge is 0.490 e. The van der Waals surface area contributed by atoms with Gasteiger partial charge in [-0.1, -0.05) is 12.1 Å². The summed E-state index contributed by atoms with van der Waals surface area (Å²) in [6, 6.07) is 12.7. The molecular weight excluding hydrogens is 444 g/mol. The van der Waals surface area contributed by atoms with Crippen LogP contribution in [-0.4, -0.2) is 30.8 Å². The average molecular weight is 461 g/mol. The maximum atomic E-state index is 12.4. The van der Waals surface area contributed by atoms with E-state index in [-0.39, 0.29) is 24.6 Å². The third-order valence-electron chi connectivity index (χ3n) is 4.00. The molecule has 1 amide bonds. The van der Waals surface area contributed by atoms with Crippen molar-refractivity contribution in [1.82, 2.24) is 0 Å². The van der Waals surface area contributed by atoms with Gasteiger partial charge in [-0.3, -0.25) is 9.59 Å². The Morgan fingerprint density at radius 3 is 2.89 bits per heavy atom. The highest BCUT2D eigenvalue weighted by atomic mass is 79.9. The number of benzene rings is 2. The summed E-state index contributed by atoms with van der Waals surface area (Å²) in [4.78, 5) is 27.3. The molecule has 0 atom stereocenters. The van der Waals surface area contributed by atoms with Gasteiger partial charge in [-0.25, -0.2) is 0 Å². The van der Waals surface area contributed by atoms with E-state index in [9.17, 15) is 9.59 Å². The SMILES string of the molecule is CCOc1cc(C#N)cc(Br)c1OC(=O)CCN1C(=O)CSc2ccccc21. The minimum Gasteiger partial charge on any atom is -0.490 e. The lowest BCUT2D eigenvalue weighted by molar-refractivity contribution is -0.134. The first-order chi connectivity index (χ1) is 13.5. The van der Waals surface area contributed by atoms with Crippen LogP contribution in [0.2, 0.25) is 0 Å². The van der Waals surface area contributed by atoms with Gasteiger partial charge in [0.1, 0.15) is 0 Å². The normalized spacial score (nSPS) is 12.9. The number of carbonyl (C=O) groups is 2. The number of hydrogen-bond donors (Lipinski definition) is 0. The van der Waals surface area contributed by atoms with E-state index in [0.717, 1.165) is 10.6 Å². The summed E-state index contributed by atoms with van der Waals surface area (Å²) >= 11 is 4.81. The van der Waals surface area contributed by atoms with E-state index in [1.165, 1.54) is 17.8 Å². The molecule has 0 radical (unpaired) electrons. The van der Waals surface area contributed by atoms with E-state index in [1.54, 1.807) is 17.9 Å². The summed E-state index contributed by atoms with van der Waals surface area (Å²) in [5, 5.41) is 9.09. The van der Waals surface area contributed by atoms with E-state index < -0.39 is 5.97 Å². The molecule has 0 spiro atoms. The number of fused-ring (bicyclic) bond motifs is 1. The van der Waals surface area contributed by atoms with Crippen LogP contribution in [0.3, 0.4) is 0 Å². The molecule has 2 aromatic rings. The number of amides is 1. The van der Waals surface area contributed by atoms with Gasteiger partial charge >= 0.3 is 5.97 Å². The van der Waals surface area contributed by atoms with Gasteiger partial charge < -0.3 is 14.4 Å². The maximum Gasteiger partial charge on any atom is 0.313 e. The van der Waals surface area contributed by atoms with Gasteiger partial charge in [-0.05, 0) is 41.1 Å². The third kappa shape index (κ3) is 4.49. The molecule has 1 aliphatic rings. The fourth-order valence-electron chi connectivity index (χ4n) is 2.76. The van der Waals surface area contributed by atoms with Crippen LogP contribution in [0, 0.1) is 11.3 Å². The van der Waals surface area contributed by atoms with Gasteiger partial charge in [0.2, 0.25) is 5.91 Å². The maximum absolute atomic E-state index is 12.4. The zero-order valence-corrected chi connectivity index (χ0v) is 17.5. The second-order valence-electron chi connectivity index (χ2n) is 5.86. The topological polar surface area (TPSA) is 79.6 Å². The smallest absolute Gasteiger partial charge is 0.313 e. The summed E-state index contributed by atoms with van der Waals surface area (Å²) in [5.74, 6) is 0.368. The molecule has 1 heterocycles. The molecule has 0 saturated carbocycles. The summed E-state index contributed by atoms with van der Waals surface area (Å²) in [5.41, 5.74) is 1.20. The third-order valence-corrected chi connectivity index (χ3v) is 5.64. The van der Waals surface area contributed by atoms with Crippen LogP contribution in [0.15, 0.2) is 45.8 Å². The van der Waals surface area contributed by atoms with Crippen molar-refractivity contribution in [2.24, 2.45) is 0 Å². The highest BCUT2D eigenvalue weighted by molar-refractivity contribution is 9.10. The van der Waals surface area contributed by atoms with Crippen LogP contribution in [-0.2, 0) is 9.59 Å². The molecule has 0 bridgehead atoms. The zero-order valence-electron chi connectivity index (χ0n) is 15.1. The second-order valence-corrected chi connectivity index (χ2v) is 7.73. The van der Waals surface area contributed by atoms with Gasteiger partial charge in [0, 0.05) is 17.5 Å². The van der Waals surface area contributed by atoms with Gasteiger partial charge in [0.15, 0.2) is 11.5 Å². The Hall–Kier alpha value is -2.50. The van der Waals surface area contributed by atoms with E-state index >= 15 is 0 Å². The number of nitriles is 1. The van der Waals surface area contributed by atoms with Crippen LogP contribution < -0.4 is 14.4 Å². The number of halogens is 1. The molecule has 0 saturated heterocycles. The number of hydrogen-bond acceptors (Lipinski definition) is 6. The van der Waals surface area contributed by atoms with Crippen molar-refractivity contribution < 1.29 is 19.1 Å². The molecule has 0 fully saturated rings. The van der Waals surface area contributed by atoms with Gasteiger partial charge in [0.05, 0.1) is 40.6 Å². The molecule has 0 aromatic heterocycles. The average Bonchev–Trinajstić information content (AvgIpc) is 2.69. The summed E-state index contributed by atoms with van der Waals surface area (Å²) in [6.07, 6.45) is 0.0305. The number of ether oxygens (including phenoxy) is 2. The minimum atomic E-state index is -0.491. The molecule has 8 heteroatoms. The monoisotopic (exact) mass is 460 g/mol. The molecule has 1 aliphatic heterocycles. The lowest BCUT2D eigenvalue weighted by atomic mass is 10.2. The number of rotatable bonds is 6. The highest BCUT2D eigenvalue weighted by Crippen LogP contribution is 2.38. The van der Waals surface area contributed by atoms with E-state index in [4.69, 9.17) is 14.7 Å². The van der Waals surface area contributed by atoms with Crippen molar-refractivity contribution in [2.45, 2.75) is 18.2 Å².